The number of hydrogen-bond acceptors (Lipinski definition) is 2. The first-order chi connectivity index (χ1) is 12.5. The van der Waals surface area contributed by atoms with E-state index in [0.717, 1.165) is 43.9 Å². The SMILES string of the molecule is CCC=CCC=CCC=CCC=CCC=CCCSCC(=O)C(F)(F)F. The second-order valence-electron chi connectivity index (χ2n) is 5.47. The van der Waals surface area contributed by atoms with E-state index in [1.54, 1.807) is 0 Å². The first kappa shape index (κ1) is 24.5. The summed E-state index contributed by atoms with van der Waals surface area (Å²) in [6, 6.07) is 0. The van der Waals surface area contributed by atoms with E-state index in [4.69, 9.17) is 0 Å². The summed E-state index contributed by atoms with van der Waals surface area (Å²) in [5.74, 6) is -1.63. The molecule has 0 amide bonds. The van der Waals surface area contributed by atoms with Crippen molar-refractivity contribution in [2.75, 3.05) is 11.5 Å². The van der Waals surface area contributed by atoms with Gasteiger partial charge in [-0.3, -0.25) is 4.79 Å². The van der Waals surface area contributed by atoms with E-state index in [0.29, 0.717) is 12.2 Å². The molecule has 0 aliphatic carbocycles. The van der Waals surface area contributed by atoms with Gasteiger partial charge in [0.1, 0.15) is 0 Å². The lowest BCUT2D eigenvalue weighted by Gasteiger charge is -2.03. The molecule has 0 spiro atoms. The Balaban J connectivity index is 3.55. The first-order valence-corrected chi connectivity index (χ1v) is 10.1. The molecule has 0 unspecified atom stereocenters. The topological polar surface area (TPSA) is 17.1 Å². The highest BCUT2D eigenvalue weighted by Gasteiger charge is 2.37. The Morgan fingerprint density at radius 2 is 1.19 bits per heavy atom. The van der Waals surface area contributed by atoms with Gasteiger partial charge in [-0.25, -0.2) is 0 Å². The molecule has 0 aliphatic rings. The Hall–Kier alpha value is -1.49. The Bertz CT molecular complexity index is 500. The number of Topliss-reactive ketones (excluding diaryl/α,β-unsaturated/α-hetero) is 1. The molecule has 0 saturated carbocycles. The van der Waals surface area contributed by atoms with Crippen molar-refractivity contribution in [1.82, 2.24) is 0 Å². The quantitative estimate of drug-likeness (QED) is 0.236. The van der Waals surface area contributed by atoms with E-state index < -0.39 is 17.7 Å². The van der Waals surface area contributed by atoms with Crippen molar-refractivity contribution in [2.24, 2.45) is 0 Å². The van der Waals surface area contributed by atoms with Crippen LogP contribution in [0, 0.1) is 0 Å². The van der Waals surface area contributed by atoms with Gasteiger partial charge in [0.25, 0.3) is 0 Å². The average molecular weight is 387 g/mol. The fourth-order valence-corrected chi connectivity index (χ4v) is 2.56. The maximum Gasteiger partial charge on any atom is 0.450 e. The van der Waals surface area contributed by atoms with Gasteiger partial charge in [0, 0.05) is 0 Å². The smallest absolute Gasteiger partial charge is 0.289 e. The van der Waals surface area contributed by atoms with Crippen molar-refractivity contribution in [1.29, 1.82) is 0 Å². The number of alkyl halides is 3. The van der Waals surface area contributed by atoms with Crippen LogP contribution in [-0.2, 0) is 4.79 Å². The highest BCUT2D eigenvalue weighted by Crippen LogP contribution is 2.18. The molecule has 1 nitrogen and oxygen atoms in total. The van der Waals surface area contributed by atoms with Gasteiger partial charge >= 0.3 is 6.18 Å². The zero-order valence-corrected chi connectivity index (χ0v) is 16.2. The Kier molecular flexibility index (Phi) is 16.0. The van der Waals surface area contributed by atoms with Crippen LogP contribution in [0.2, 0.25) is 0 Å². The van der Waals surface area contributed by atoms with E-state index in [-0.39, 0.29) is 0 Å². The maximum absolute atomic E-state index is 12.0. The van der Waals surface area contributed by atoms with Crippen molar-refractivity contribution in [3.63, 3.8) is 0 Å². The third kappa shape index (κ3) is 17.3. The average Bonchev–Trinajstić information content (AvgIpc) is 2.59. The normalized spacial score (nSPS) is 13.4. The molecular formula is C21H29F3OS. The Morgan fingerprint density at radius 3 is 1.62 bits per heavy atom. The van der Waals surface area contributed by atoms with Crippen molar-refractivity contribution in [3.05, 3.63) is 60.8 Å². The number of allylic oxidation sites excluding steroid dienone is 10. The molecule has 0 radical (unpaired) electrons. The molecule has 146 valence electrons. The van der Waals surface area contributed by atoms with Crippen LogP contribution in [0.1, 0.15) is 45.4 Å². The van der Waals surface area contributed by atoms with Gasteiger partial charge in [0.05, 0.1) is 5.75 Å². The van der Waals surface area contributed by atoms with E-state index >= 15 is 0 Å². The molecule has 0 aromatic heterocycles. The summed E-state index contributed by atoms with van der Waals surface area (Å²) in [6.07, 6.45) is 21.7. The summed E-state index contributed by atoms with van der Waals surface area (Å²) < 4.78 is 35.9. The van der Waals surface area contributed by atoms with Gasteiger partial charge < -0.3 is 0 Å². The van der Waals surface area contributed by atoms with Crippen molar-refractivity contribution >= 4 is 17.5 Å². The van der Waals surface area contributed by atoms with E-state index in [1.165, 1.54) is 0 Å². The molecule has 26 heavy (non-hydrogen) atoms. The van der Waals surface area contributed by atoms with Gasteiger partial charge in [0.15, 0.2) is 0 Å². The maximum atomic E-state index is 12.0. The van der Waals surface area contributed by atoms with Gasteiger partial charge in [0.2, 0.25) is 5.78 Å². The van der Waals surface area contributed by atoms with Crippen LogP contribution in [0.25, 0.3) is 0 Å². The fraction of sp³-hybridized carbons (Fsp3) is 0.476. The van der Waals surface area contributed by atoms with Crippen LogP contribution in [0.3, 0.4) is 0 Å². The number of carbonyl (C=O) groups is 1. The molecule has 0 rings (SSSR count). The summed E-state index contributed by atoms with van der Waals surface area (Å²) in [5, 5.41) is 0. The molecule has 0 atom stereocenters. The second kappa shape index (κ2) is 17.0. The number of carbonyl (C=O) groups excluding carboxylic acids is 1. The third-order valence-corrected chi connectivity index (χ3v) is 4.13. The van der Waals surface area contributed by atoms with Crippen molar-refractivity contribution in [2.45, 2.75) is 51.6 Å². The van der Waals surface area contributed by atoms with E-state index in [9.17, 15) is 18.0 Å². The predicted molar refractivity (Wildman–Crippen MR) is 107 cm³/mol. The lowest BCUT2D eigenvalue weighted by atomic mass is 10.2. The van der Waals surface area contributed by atoms with Crippen LogP contribution < -0.4 is 0 Å². The van der Waals surface area contributed by atoms with Crippen molar-refractivity contribution < 1.29 is 18.0 Å². The zero-order valence-electron chi connectivity index (χ0n) is 15.4. The molecule has 0 aromatic rings. The summed E-state index contributed by atoms with van der Waals surface area (Å²) >= 11 is 1.02. The standard InChI is InChI=1S/C21H29F3OS/c1-2-3-4-5-6-7-8-9-10-11-12-13-14-15-16-17-18-26-19-20(25)21(22,23)24/h3-4,6-7,9-10,12-13,15-16H,2,5,8,11,14,17-19H2,1H3. The Morgan fingerprint density at radius 1 is 0.769 bits per heavy atom. The Labute approximate surface area is 159 Å². The van der Waals surface area contributed by atoms with Crippen LogP contribution in [0.5, 0.6) is 0 Å². The molecule has 5 heteroatoms. The second-order valence-corrected chi connectivity index (χ2v) is 6.58. The lowest BCUT2D eigenvalue weighted by molar-refractivity contribution is -0.167. The predicted octanol–water partition coefficient (Wildman–Crippen LogP) is 6.99. The minimum Gasteiger partial charge on any atom is -0.289 e. The number of rotatable bonds is 14. The fourth-order valence-electron chi connectivity index (χ4n) is 1.77. The summed E-state index contributed by atoms with van der Waals surface area (Å²) in [4.78, 5) is 10.7. The lowest BCUT2D eigenvalue weighted by Crippen LogP contribution is -2.24. The number of ketones is 1. The van der Waals surface area contributed by atoms with Crippen LogP contribution in [-0.4, -0.2) is 23.5 Å². The first-order valence-electron chi connectivity index (χ1n) is 8.91. The van der Waals surface area contributed by atoms with Gasteiger partial charge in [-0.05, 0) is 44.3 Å². The van der Waals surface area contributed by atoms with E-state index in [2.05, 4.69) is 55.5 Å². The molecule has 0 bridgehead atoms. The summed E-state index contributed by atoms with van der Waals surface area (Å²) in [6.45, 7) is 2.12. The third-order valence-electron chi connectivity index (χ3n) is 3.14. The molecule has 0 heterocycles. The van der Waals surface area contributed by atoms with Gasteiger partial charge in [-0.1, -0.05) is 67.7 Å². The molecule has 0 fully saturated rings. The number of halogens is 3. The molecule has 0 aliphatic heterocycles. The molecule has 0 aromatic carbocycles. The largest absolute Gasteiger partial charge is 0.450 e. The number of thioether (sulfide) groups is 1. The molecule has 0 saturated heterocycles. The molecule has 0 N–H and O–H groups in total. The monoisotopic (exact) mass is 386 g/mol. The minimum atomic E-state index is -4.70. The number of hydrogen-bond donors (Lipinski definition) is 0. The van der Waals surface area contributed by atoms with Gasteiger partial charge in [-0.15, -0.1) is 0 Å². The van der Waals surface area contributed by atoms with E-state index in [1.807, 2.05) is 12.2 Å². The van der Waals surface area contributed by atoms with Crippen molar-refractivity contribution in [3.8, 4) is 0 Å². The highest BCUT2D eigenvalue weighted by atomic mass is 32.2. The minimum absolute atomic E-state index is 0.492. The van der Waals surface area contributed by atoms with Gasteiger partial charge in [-0.2, -0.15) is 24.9 Å². The van der Waals surface area contributed by atoms with Crippen LogP contribution in [0.4, 0.5) is 13.2 Å². The highest BCUT2D eigenvalue weighted by molar-refractivity contribution is 7.99. The van der Waals surface area contributed by atoms with Crippen LogP contribution >= 0.6 is 11.8 Å². The zero-order chi connectivity index (χ0) is 19.5. The summed E-state index contributed by atoms with van der Waals surface area (Å²) in [7, 11) is 0. The molecular weight excluding hydrogens is 357 g/mol. The van der Waals surface area contributed by atoms with Crippen LogP contribution in [0.15, 0.2) is 60.8 Å². The summed E-state index contributed by atoms with van der Waals surface area (Å²) in [5.41, 5.74) is 0.